The molecule has 2 amide bonds. The number of hydrogen-bond donors (Lipinski definition) is 2. The van der Waals surface area contributed by atoms with E-state index >= 15 is 0 Å². The van der Waals surface area contributed by atoms with Gasteiger partial charge in [-0.2, -0.15) is 0 Å². The van der Waals surface area contributed by atoms with Crippen LogP contribution in [0, 0.1) is 0 Å². The van der Waals surface area contributed by atoms with Gasteiger partial charge in [0.1, 0.15) is 11.6 Å². The summed E-state index contributed by atoms with van der Waals surface area (Å²) in [6, 6.07) is 12.4. The third-order valence-electron chi connectivity index (χ3n) is 5.84. The predicted octanol–water partition coefficient (Wildman–Crippen LogP) is 1.03. The lowest BCUT2D eigenvalue weighted by Gasteiger charge is -2.10. The summed E-state index contributed by atoms with van der Waals surface area (Å²) in [5.74, 6) is 0.467. The van der Waals surface area contributed by atoms with Gasteiger partial charge < -0.3 is 9.13 Å². The molecule has 0 aliphatic carbocycles. The van der Waals surface area contributed by atoms with Gasteiger partial charge in [0, 0.05) is 41.0 Å². The zero-order valence-electron chi connectivity index (χ0n) is 19.9. The van der Waals surface area contributed by atoms with E-state index in [9.17, 15) is 18.0 Å². The molecule has 0 spiro atoms. The highest BCUT2D eigenvalue weighted by atomic mass is 32.2. The van der Waals surface area contributed by atoms with Crippen molar-refractivity contribution in [1.82, 2.24) is 34.3 Å². The number of hydrogen-bond acceptors (Lipinski definition) is 6. The smallest absolute Gasteiger partial charge is 0.245 e. The summed E-state index contributed by atoms with van der Waals surface area (Å²) in [6.07, 6.45) is 0.425. The molecule has 2 aromatic heterocycles. The quantitative estimate of drug-likeness (QED) is 0.367. The van der Waals surface area contributed by atoms with E-state index in [1.54, 1.807) is 13.1 Å². The number of rotatable bonds is 7. The fraction of sp³-hybridized carbons (Fsp3) is 0.304. The lowest BCUT2D eigenvalue weighted by molar-refractivity contribution is -0.128. The van der Waals surface area contributed by atoms with Crippen LogP contribution in [0.2, 0.25) is 0 Å². The van der Waals surface area contributed by atoms with Crippen molar-refractivity contribution in [3.63, 3.8) is 0 Å². The Kier molecular flexibility index (Phi) is 6.59. The number of sulfonamides is 1. The van der Waals surface area contributed by atoms with E-state index in [-0.39, 0.29) is 29.6 Å². The number of para-hydroxylation sites is 2. The summed E-state index contributed by atoms with van der Waals surface area (Å²) in [4.78, 5) is 33.7. The van der Waals surface area contributed by atoms with Crippen LogP contribution >= 0.6 is 0 Å². The van der Waals surface area contributed by atoms with Crippen molar-refractivity contribution in [2.75, 3.05) is 14.1 Å². The minimum Gasteiger partial charge on any atom is -0.331 e. The largest absolute Gasteiger partial charge is 0.331 e. The molecule has 35 heavy (non-hydrogen) atoms. The molecule has 4 rings (SSSR count). The highest BCUT2D eigenvalue weighted by Crippen LogP contribution is 2.22. The first kappa shape index (κ1) is 24.4. The summed E-state index contributed by atoms with van der Waals surface area (Å²) in [6.45, 7) is 0. The molecule has 4 aromatic rings. The number of nitrogens with one attached hydrogen (secondary N) is 2. The van der Waals surface area contributed by atoms with Crippen molar-refractivity contribution in [3.05, 3.63) is 54.1 Å². The Morgan fingerprint density at radius 2 is 1.51 bits per heavy atom. The van der Waals surface area contributed by atoms with Gasteiger partial charge in [-0.05, 0) is 30.3 Å². The van der Waals surface area contributed by atoms with Crippen molar-refractivity contribution < 1.29 is 18.0 Å². The van der Waals surface area contributed by atoms with Crippen molar-refractivity contribution >= 4 is 43.9 Å². The summed E-state index contributed by atoms with van der Waals surface area (Å²) < 4.78 is 29.6. The predicted molar refractivity (Wildman–Crippen MR) is 131 cm³/mol. The van der Waals surface area contributed by atoms with Gasteiger partial charge in [-0.15, -0.1) is 0 Å². The third-order valence-corrected chi connectivity index (χ3v) is 7.65. The highest BCUT2D eigenvalue weighted by molar-refractivity contribution is 7.89. The number of aromatic nitrogens is 4. The molecule has 11 nitrogen and oxygen atoms in total. The van der Waals surface area contributed by atoms with Crippen LogP contribution in [0.3, 0.4) is 0 Å². The van der Waals surface area contributed by atoms with Crippen LogP contribution in [-0.2, 0) is 46.5 Å². The second-order valence-electron chi connectivity index (χ2n) is 8.37. The number of aryl methyl sites for hydroxylation is 3. The Balaban J connectivity index is 1.35. The normalized spacial score (nSPS) is 11.9. The molecule has 0 fully saturated rings. The van der Waals surface area contributed by atoms with Gasteiger partial charge in [-0.1, -0.05) is 12.1 Å². The number of carbonyl (C=O) groups is 2. The highest BCUT2D eigenvalue weighted by Gasteiger charge is 2.19. The van der Waals surface area contributed by atoms with Crippen molar-refractivity contribution in [2.45, 2.75) is 24.2 Å². The molecule has 2 heterocycles. The van der Waals surface area contributed by atoms with E-state index in [1.165, 1.54) is 26.2 Å². The second-order valence-corrected chi connectivity index (χ2v) is 10.5. The molecule has 0 saturated heterocycles. The molecule has 0 aliphatic rings. The summed E-state index contributed by atoms with van der Waals surface area (Å²) >= 11 is 0. The maximum Gasteiger partial charge on any atom is 0.245 e. The number of benzene rings is 2. The van der Waals surface area contributed by atoms with Crippen LogP contribution in [0.1, 0.15) is 18.1 Å². The van der Waals surface area contributed by atoms with Crippen LogP contribution < -0.4 is 10.9 Å². The number of fused-ring (bicyclic) bond motifs is 2. The van der Waals surface area contributed by atoms with Crippen LogP contribution in [0.25, 0.3) is 22.1 Å². The Hall–Kier alpha value is -3.77. The molecule has 0 saturated carbocycles. The molecular formula is C23H27N7O4S. The second kappa shape index (κ2) is 9.47. The lowest BCUT2D eigenvalue weighted by atomic mass is 10.3. The third kappa shape index (κ3) is 4.88. The van der Waals surface area contributed by atoms with E-state index in [4.69, 9.17) is 0 Å². The fourth-order valence-electron chi connectivity index (χ4n) is 3.79. The minimum absolute atomic E-state index is 0.0222. The monoisotopic (exact) mass is 497 g/mol. The Bertz CT molecular complexity index is 1540. The first-order valence-electron chi connectivity index (χ1n) is 10.9. The Morgan fingerprint density at radius 3 is 2.23 bits per heavy atom. The number of hydrazine groups is 1. The van der Waals surface area contributed by atoms with E-state index in [0.717, 1.165) is 20.9 Å². The first-order valence-corrected chi connectivity index (χ1v) is 12.4. The van der Waals surface area contributed by atoms with Crippen molar-refractivity contribution in [3.8, 4) is 0 Å². The lowest BCUT2D eigenvalue weighted by Crippen LogP contribution is -2.42. The summed E-state index contributed by atoms with van der Waals surface area (Å²) in [7, 11) is 3.02. The molecule has 12 heteroatoms. The molecule has 2 N–H and O–H groups in total. The van der Waals surface area contributed by atoms with Gasteiger partial charge in [-0.3, -0.25) is 20.4 Å². The molecule has 0 atom stereocenters. The zero-order chi connectivity index (χ0) is 25.3. The van der Waals surface area contributed by atoms with Gasteiger partial charge in [-0.25, -0.2) is 22.7 Å². The van der Waals surface area contributed by atoms with E-state index in [1.807, 2.05) is 40.4 Å². The van der Waals surface area contributed by atoms with Gasteiger partial charge >= 0.3 is 0 Å². The van der Waals surface area contributed by atoms with Crippen LogP contribution in [0.5, 0.6) is 0 Å². The van der Waals surface area contributed by atoms with E-state index in [2.05, 4.69) is 20.8 Å². The maximum atomic E-state index is 12.4. The van der Waals surface area contributed by atoms with Crippen molar-refractivity contribution in [1.29, 1.82) is 0 Å². The molecular weight excluding hydrogens is 470 g/mol. The van der Waals surface area contributed by atoms with Gasteiger partial charge in [0.05, 0.1) is 33.4 Å². The minimum atomic E-state index is -3.57. The average Bonchev–Trinajstić information content (AvgIpc) is 3.32. The summed E-state index contributed by atoms with van der Waals surface area (Å²) in [5, 5.41) is 0. The molecule has 0 aliphatic heterocycles. The Labute approximate surface area is 202 Å². The molecule has 2 aromatic carbocycles. The fourth-order valence-corrected chi connectivity index (χ4v) is 4.72. The zero-order valence-corrected chi connectivity index (χ0v) is 20.8. The summed E-state index contributed by atoms with van der Waals surface area (Å²) in [5.41, 5.74) is 7.86. The molecule has 0 unspecified atom stereocenters. The molecule has 0 radical (unpaired) electrons. The first-order chi connectivity index (χ1) is 16.6. The number of imidazole rings is 2. The Morgan fingerprint density at radius 1 is 0.886 bits per heavy atom. The van der Waals surface area contributed by atoms with Gasteiger partial charge in [0.15, 0.2) is 0 Å². The topological polar surface area (TPSA) is 131 Å². The molecule has 0 bridgehead atoms. The van der Waals surface area contributed by atoms with E-state index < -0.39 is 10.0 Å². The van der Waals surface area contributed by atoms with Crippen LogP contribution in [0.4, 0.5) is 0 Å². The molecule has 184 valence electrons. The number of amides is 2. The van der Waals surface area contributed by atoms with Crippen LogP contribution in [0.15, 0.2) is 47.4 Å². The number of nitrogens with zero attached hydrogens (tertiary/aromatic N) is 5. The van der Waals surface area contributed by atoms with E-state index in [0.29, 0.717) is 23.6 Å². The average molecular weight is 498 g/mol. The standard InChI is InChI=1S/C23H27N7O4S/c1-28(2)35(33,34)15-9-10-19-17(13-15)25-20(29(19)3)11-12-22(31)26-27-23(32)14-21-24-16-7-5-6-8-18(16)30(21)4/h5-10,13H,11-12,14H2,1-4H3,(H,26,31)(H,27,32). The van der Waals surface area contributed by atoms with Gasteiger partial charge in [0.25, 0.3) is 0 Å². The van der Waals surface area contributed by atoms with Crippen molar-refractivity contribution in [2.24, 2.45) is 14.1 Å². The SMILES string of the molecule is CN(C)S(=O)(=O)c1ccc2c(c1)nc(CCC(=O)NNC(=O)Cc1nc3ccccc3n1C)n2C. The number of carbonyl (C=O) groups excluding carboxylic acids is 2. The van der Waals surface area contributed by atoms with Crippen LogP contribution in [-0.4, -0.2) is 57.7 Å². The van der Waals surface area contributed by atoms with Gasteiger partial charge in [0.2, 0.25) is 21.8 Å². The maximum absolute atomic E-state index is 12.4.